The van der Waals surface area contributed by atoms with Crippen molar-refractivity contribution in [2.75, 3.05) is 7.05 Å². The maximum Gasteiger partial charge on any atom is 0.156 e. The summed E-state index contributed by atoms with van der Waals surface area (Å²) in [5.74, 6) is 0. The van der Waals surface area contributed by atoms with Crippen LogP contribution < -0.4 is 10.8 Å². The minimum atomic E-state index is -0.0475. The topological polar surface area (TPSA) is 33.3 Å². The first-order valence-corrected chi connectivity index (χ1v) is 5.15. The number of benzene rings is 1. The number of hydrogen-bond donors (Lipinski definition) is 2. The van der Waals surface area contributed by atoms with Crippen molar-refractivity contribution < 1.29 is 4.84 Å². The lowest BCUT2D eigenvalue weighted by atomic mass is 10.1. The molecule has 0 saturated carbocycles. The molecular formula is C10H11BrN2O. The minimum Gasteiger partial charge on any atom is -0.290 e. The third-order valence-electron chi connectivity index (χ3n) is 2.05. The van der Waals surface area contributed by atoms with Crippen LogP contribution >= 0.6 is 15.9 Å². The maximum absolute atomic E-state index is 5.23. The number of likely N-dealkylation sites (N-methyl/N-ethyl adjacent to an activating group) is 1. The quantitative estimate of drug-likeness (QED) is 0.846. The van der Waals surface area contributed by atoms with Crippen molar-refractivity contribution in [3.63, 3.8) is 0 Å². The fraction of sp³-hybridized carbons (Fsp3) is 0.200. The lowest BCUT2D eigenvalue weighted by Gasteiger charge is -2.04. The first-order valence-electron chi connectivity index (χ1n) is 4.36. The van der Waals surface area contributed by atoms with E-state index in [1.54, 1.807) is 0 Å². The monoisotopic (exact) mass is 254 g/mol. The van der Waals surface area contributed by atoms with Crippen molar-refractivity contribution >= 4 is 21.6 Å². The van der Waals surface area contributed by atoms with E-state index in [9.17, 15) is 0 Å². The van der Waals surface area contributed by atoms with Crippen LogP contribution in [0.1, 0.15) is 5.56 Å². The summed E-state index contributed by atoms with van der Waals surface area (Å²) in [7, 11) is 1.85. The smallest absolute Gasteiger partial charge is 0.156 e. The minimum absolute atomic E-state index is 0.0475. The van der Waals surface area contributed by atoms with Gasteiger partial charge in [0.25, 0.3) is 0 Å². The second kappa shape index (κ2) is 4.13. The first kappa shape index (κ1) is 9.71. The third kappa shape index (κ3) is 1.97. The Morgan fingerprint density at radius 3 is 2.64 bits per heavy atom. The van der Waals surface area contributed by atoms with Crippen LogP contribution in [0.2, 0.25) is 0 Å². The van der Waals surface area contributed by atoms with E-state index in [1.807, 2.05) is 37.4 Å². The zero-order valence-corrected chi connectivity index (χ0v) is 9.34. The van der Waals surface area contributed by atoms with Crippen LogP contribution in [0.4, 0.5) is 0 Å². The Bertz CT molecular complexity index is 348. The Morgan fingerprint density at radius 1 is 1.36 bits per heavy atom. The third-order valence-corrected chi connectivity index (χ3v) is 2.58. The van der Waals surface area contributed by atoms with Gasteiger partial charge in [0.2, 0.25) is 0 Å². The van der Waals surface area contributed by atoms with Gasteiger partial charge in [-0.05, 0) is 30.8 Å². The Hall–Kier alpha value is -0.840. The molecule has 1 aliphatic rings. The molecule has 74 valence electrons. The average Bonchev–Trinajstić information content (AvgIpc) is 2.67. The van der Waals surface area contributed by atoms with Gasteiger partial charge in [-0.3, -0.25) is 15.6 Å². The molecule has 0 aromatic heterocycles. The van der Waals surface area contributed by atoms with Gasteiger partial charge in [-0.15, -0.1) is 0 Å². The van der Waals surface area contributed by atoms with E-state index in [4.69, 9.17) is 4.84 Å². The molecular weight excluding hydrogens is 244 g/mol. The van der Waals surface area contributed by atoms with Crippen LogP contribution in [0.5, 0.6) is 0 Å². The van der Waals surface area contributed by atoms with Gasteiger partial charge in [0.1, 0.15) is 0 Å². The summed E-state index contributed by atoms with van der Waals surface area (Å²) in [6.45, 7) is 0. The lowest BCUT2D eigenvalue weighted by Crippen LogP contribution is -2.25. The molecule has 0 saturated heterocycles. The highest BCUT2D eigenvalue weighted by molar-refractivity contribution is 9.10. The zero-order chi connectivity index (χ0) is 9.97. The molecule has 3 nitrogen and oxygen atoms in total. The van der Waals surface area contributed by atoms with Gasteiger partial charge in [0.15, 0.2) is 6.23 Å². The predicted octanol–water partition coefficient (Wildman–Crippen LogP) is 1.87. The summed E-state index contributed by atoms with van der Waals surface area (Å²) in [6, 6.07) is 8.07. The Labute approximate surface area is 91.2 Å². The summed E-state index contributed by atoms with van der Waals surface area (Å²) >= 11 is 3.40. The largest absolute Gasteiger partial charge is 0.290 e. The number of hydrogen-bond acceptors (Lipinski definition) is 3. The van der Waals surface area contributed by atoms with Gasteiger partial charge in [-0.2, -0.15) is 0 Å². The van der Waals surface area contributed by atoms with Gasteiger partial charge < -0.3 is 0 Å². The highest BCUT2D eigenvalue weighted by Gasteiger charge is 2.14. The van der Waals surface area contributed by atoms with Crippen LogP contribution in [-0.4, -0.2) is 13.3 Å². The molecule has 1 unspecified atom stereocenters. The number of nitrogens with one attached hydrogen (secondary N) is 2. The van der Waals surface area contributed by atoms with E-state index >= 15 is 0 Å². The molecule has 2 N–H and O–H groups in total. The molecule has 14 heavy (non-hydrogen) atoms. The molecule has 1 aromatic carbocycles. The number of rotatable bonds is 2. The molecule has 0 aliphatic carbocycles. The standard InChI is InChI=1S/C10H11BrN2O/c1-12-10-6-9(13-14-10)7-2-4-8(11)5-3-7/h2-6,10,12-13H,1H3. The van der Waals surface area contributed by atoms with E-state index in [-0.39, 0.29) is 6.23 Å². The Morgan fingerprint density at radius 2 is 2.07 bits per heavy atom. The summed E-state index contributed by atoms with van der Waals surface area (Å²) < 4.78 is 1.07. The molecule has 0 fully saturated rings. The zero-order valence-electron chi connectivity index (χ0n) is 7.75. The van der Waals surface area contributed by atoms with Crippen molar-refractivity contribution in [3.05, 3.63) is 40.4 Å². The number of halogens is 1. The van der Waals surface area contributed by atoms with Gasteiger partial charge in [-0.25, -0.2) is 0 Å². The lowest BCUT2D eigenvalue weighted by molar-refractivity contribution is 0.0364. The molecule has 1 atom stereocenters. The molecule has 1 aromatic rings. The molecule has 1 heterocycles. The average molecular weight is 255 g/mol. The van der Waals surface area contributed by atoms with Crippen molar-refractivity contribution in [3.8, 4) is 0 Å². The fourth-order valence-corrected chi connectivity index (χ4v) is 1.54. The van der Waals surface area contributed by atoms with Gasteiger partial charge >= 0.3 is 0 Å². The fourth-order valence-electron chi connectivity index (χ4n) is 1.27. The molecule has 4 heteroatoms. The summed E-state index contributed by atoms with van der Waals surface area (Å²) in [6.07, 6.45) is 1.96. The van der Waals surface area contributed by atoms with Crippen LogP contribution in [0, 0.1) is 0 Å². The van der Waals surface area contributed by atoms with Crippen LogP contribution in [-0.2, 0) is 4.84 Å². The Balaban J connectivity index is 2.20. The molecule has 0 bridgehead atoms. The highest BCUT2D eigenvalue weighted by Crippen LogP contribution is 2.19. The first-order chi connectivity index (χ1) is 6.79. The summed E-state index contributed by atoms with van der Waals surface area (Å²) in [4.78, 5) is 5.23. The normalized spacial score (nSPS) is 20.4. The van der Waals surface area contributed by atoms with E-state index in [0.717, 1.165) is 15.7 Å². The van der Waals surface area contributed by atoms with Crippen molar-refractivity contribution in [1.29, 1.82) is 0 Å². The van der Waals surface area contributed by atoms with Gasteiger partial charge in [0, 0.05) is 4.47 Å². The molecule has 0 spiro atoms. The van der Waals surface area contributed by atoms with Crippen molar-refractivity contribution in [2.24, 2.45) is 0 Å². The van der Waals surface area contributed by atoms with E-state index < -0.39 is 0 Å². The molecule has 1 aliphatic heterocycles. The predicted molar refractivity (Wildman–Crippen MR) is 59.2 cm³/mol. The second-order valence-electron chi connectivity index (χ2n) is 3.02. The maximum atomic E-state index is 5.23. The molecule has 2 rings (SSSR count). The van der Waals surface area contributed by atoms with Crippen molar-refractivity contribution in [1.82, 2.24) is 10.8 Å². The van der Waals surface area contributed by atoms with E-state index in [2.05, 4.69) is 26.7 Å². The molecule has 0 radical (unpaired) electrons. The van der Waals surface area contributed by atoms with Gasteiger partial charge in [0.05, 0.1) is 5.70 Å². The van der Waals surface area contributed by atoms with Gasteiger partial charge in [-0.1, -0.05) is 28.1 Å². The van der Waals surface area contributed by atoms with Crippen LogP contribution in [0.15, 0.2) is 34.8 Å². The van der Waals surface area contributed by atoms with Crippen LogP contribution in [0.3, 0.4) is 0 Å². The summed E-state index contributed by atoms with van der Waals surface area (Å²) in [5, 5.41) is 3.00. The number of hydroxylamine groups is 1. The van der Waals surface area contributed by atoms with E-state index in [0.29, 0.717) is 0 Å². The highest BCUT2D eigenvalue weighted by atomic mass is 79.9. The second-order valence-corrected chi connectivity index (χ2v) is 3.93. The summed E-state index contributed by atoms with van der Waals surface area (Å²) in [5.41, 5.74) is 4.99. The van der Waals surface area contributed by atoms with Crippen LogP contribution in [0.25, 0.3) is 5.70 Å². The SMILES string of the molecule is CNC1C=C(c2ccc(Br)cc2)NO1. The van der Waals surface area contributed by atoms with Crippen molar-refractivity contribution in [2.45, 2.75) is 6.23 Å². The molecule has 0 amide bonds. The van der Waals surface area contributed by atoms with E-state index in [1.165, 1.54) is 0 Å². The Kier molecular flexibility index (Phi) is 2.86.